The second kappa shape index (κ2) is 3.62. The Kier molecular flexibility index (Phi) is 2.21. The summed E-state index contributed by atoms with van der Waals surface area (Å²) >= 11 is 0. The van der Waals surface area contributed by atoms with Gasteiger partial charge >= 0.3 is 0 Å². The highest BCUT2D eigenvalue weighted by molar-refractivity contribution is 5.51. The molecule has 2 unspecified atom stereocenters. The molecule has 88 valence electrons. The molecule has 2 atom stereocenters. The second-order valence-corrected chi connectivity index (χ2v) is 4.96. The normalized spacial score (nSPS) is 22.7. The molecule has 0 saturated carbocycles. The van der Waals surface area contributed by atoms with Crippen LogP contribution in [0.25, 0.3) is 0 Å². The van der Waals surface area contributed by atoms with E-state index in [0.29, 0.717) is 11.6 Å². The van der Waals surface area contributed by atoms with Gasteiger partial charge in [0.2, 0.25) is 0 Å². The Balaban J connectivity index is 2.15. The molecule has 1 heterocycles. The summed E-state index contributed by atoms with van der Waals surface area (Å²) < 4.78 is 4.98. The van der Waals surface area contributed by atoms with Crippen molar-refractivity contribution in [2.75, 3.05) is 5.73 Å². The van der Waals surface area contributed by atoms with Gasteiger partial charge in [-0.3, -0.25) is 0 Å². The minimum absolute atomic E-state index is 0.281. The molecule has 1 aromatic carbocycles. The molecule has 2 N–H and O–H groups in total. The Morgan fingerprint density at radius 2 is 2.24 bits per heavy atom. The maximum Gasteiger partial charge on any atom is 0.147 e. The molecule has 2 aromatic rings. The van der Waals surface area contributed by atoms with Gasteiger partial charge in [-0.1, -0.05) is 30.3 Å². The van der Waals surface area contributed by atoms with Gasteiger partial charge in [0.25, 0.3) is 0 Å². The molecule has 0 amide bonds. The fourth-order valence-electron chi connectivity index (χ4n) is 2.95. The number of hydrogen-bond donors (Lipinski definition) is 1. The Hall–Kier alpha value is -1.77. The highest BCUT2D eigenvalue weighted by Crippen LogP contribution is 2.44. The van der Waals surface area contributed by atoms with Crippen molar-refractivity contribution in [3.63, 3.8) is 0 Å². The Labute approximate surface area is 101 Å². The number of rotatable bonds is 1. The molecule has 1 aliphatic rings. The maximum atomic E-state index is 5.92. The smallest absolute Gasteiger partial charge is 0.147 e. The summed E-state index contributed by atoms with van der Waals surface area (Å²) in [6.07, 6.45) is 2.62. The quantitative estimate of drug-likeness (QED) is 0.816. The van der Waals surface area contributed by atoms with Crippen molar-refractivity contribution in [1.82, 2.24) is 5.16 Å². The average molecular weight is 228 g/mol. The Bertz CT molecular complexity index is 559. The molecule has 3 rings (SSSR count). The molecule has 0 aliphatic heterocycles. The van der Waals surface area contributed by atoms with E-state index in [0.717, 1.165) is 12.1 Å². The van der Waals surface area contributed by atoms with Gasteiger partial charge in [-0.05, 0) is 36.0 Å². The van der Waals surface area contributed by atoms with E-state index in [1.54, 1.807) is 0 Å². The van der Waals surface area contributed by atoms with E-state index in [4.69, 9.17) is 10.3 Å². The maximum absolute atomic E-state index is 5.92. The molecule has 0 saturated heterocycles. The van der Waals surface area contributed by atoms with E-state index in [9.17, 15) is 0 Å². The standard InChI is InChI=1S/C14H16N2O/c1-8-4-3-5-10-11(8)6-9(2)13(10)14-12(15)7-17-16-14/h3-5,7,9,13H,6,15H2,1-2H3. The molecule has 1 aromatic heterocycles. The lowest BCUT2D eigenvalue weighted by molar-refractivity contribution is 0.400. The first kappa shape index (κ1) is 10.4. The summed E-state index contributed by atoms with van der Waals surface area (Å²) in [5, 5.41) is 4.08. The molecule has 0 radical (unpaired) electrons. The van der Waals surface area contributed by atoms with Gasteiger partial charge in [0, 0.05) is 5.92 Å². The van der Waals surface area contributed by atoms with Crippen molar-refractivity contribution in [1.29, 1.82) is 0 Å². The summed E-state index contributed by atoms with van der Waals surface area (Å²) in [6, 6.07) is 6.46. The average Bonchev–Trinajstić information content (AvgIpc) is 2.83. The first-order valence-corrected chi connectivity index (χ1v) is 5.96. The molecule has 0 bridgehead atoms. The Morgan fingerprint density at radius 1 is 1.41 bits per heavy atom. The zero-order valence-electron chi connectivity index (χ0n) is 10.1. The van der Waals surface area contributed by atoms with Gasteiger partial charge in [0.05, 0.1) is 5.69 Å². The largest absolute Gasteiger partial charge is 0.395 e. The SMILES string of the molecule is Cc1cccc2c1CC(C)C2c1nocc1N. The lowest BCUT2D eigenvalue weighted by atomic mass is 9.90. The minimum atomic E-state index is 0.281. The van der Waals surface area contributed by atoms with Gasteiger partial charge in [-0.25, -0.2) is 0 Å². The number of nitrogen functional groups attached to an aromatic ring is 1. The van der Waals surface area contributed by atoms with Crippen LogP contribution in [0, 0.1) is 12.8 Å². The fourth-order valence-corrected chi connectivity index (χ4v) is 2.95. The van der Waals surface area contributed by atoms with E-state index < -0.39 is 0 Å². The first-order chi connectivity index (χ1) is 8.18. The minimum Gasteiger partial charge on any atom is -0.395 e. The van der Waals surface area contributed by atoms with Crippen LogP contribution in [0.1, 0.15) is 35.2 Å². The van der Waals surface area contributed by atoms with Crippen molar-refractivity contribution in [3.05, 3.63) is 46.8 Å². The number of hydrogen-bond acceptors (Lipinski definition) is 3. The number of benzene rings is 1. The van der Waals surface area contributed by atoms with Crippen LogP contribution in [-0.2, 0) is 6.42 Å². The van der Waals surface area contributed by atoms with Crippen LogP contribution < -0.4 is 5.73 Å². The monoisotopic (exact) mass is 228 g/mol. The number of fused-ring (bicyclic) bond motifs is 1. The molecule has 1 aliphatic carbocycles. The summed E-state index contributed by atoms with van der Waals surface area (Å²) in [6.45, 7) is 4.41. The van der Waals surface area contributed by atoms with Crippen molar-refractivity contribution in [2.24, 2.45) is 5.92 Å². The second-order valence-electron chi connectivity index (χ2n) is 4.96. The van der Waals surface area contributed by atoms with E-state index in [1.165, 1.54) is 23.0 Å². The molecular formula is C14H16N2O. The van der Waals surface area contributed by atoms with Gasteiger partial charge < -0.3 is 10.3 Å². The van der Waals surface area contributed by atoms with Crippen LogP contribution in [0.2, 0.25) is 0 Å². The molecule has 0 fully saturated rings. The summed E-state index contributed by atoms with van der Waals surface area (Å²) in [7, 11) is 0. The molecule has 3 nitrogen and oxygen atoms in total. The van der Waals surface area contributed by atoms with Crippen molar-refractivity contribution < 1.29 is 4.52 Å². The van der Waals surface area contributed by atoms with Crippen molar-refractivity contribution in [2.45, 2.75) is 26.2 Å². The zero-order chi connectivity index (χ0) is 12.0. The van der Waals surface area contributed by atoms with Gasteiger partial charge in [0.15, 0.2) is 0 Å². The van der Waals surface area contributed by atoms with Gasteiger partial charge in [-0.2, -0.15) is 0 Å². The summed E-state index contributed by atoms with van der Waals surface area (Å²) in [4.78, 5) is 0. The lowest BCUT2D eigenvalue weighted by Crippen LogP contribution is -2.08. The number of anilines is 1. The number of aryl methyl sites for hydroxylation is 1. The Morgan fingerprint density at radius 3 is 2.94 bits per heavy atom. The summed E-state index contributed by atoms with van der Waals surface area (Å²) in [5.74, 6) is 0.808. The van der Waals surface area contributed by atoms with Crippen LogP contribution in [0.4, 0.5) is 5.69 Å². The first-order valence-electron chi connectivity index (χ1n) is 5.96. The third kappa shape index (κ3) is 1.46. The highest BCUT2D eigenvalue weighted by atomic mass is 16.5. The number of nitrogens with two attached hydrogens (primary N) is 1. The number of nitrogens with zero attached hydrogens (tertiary/aromatic N) is 1. The van der Waals surface area contributed by atoms with Crippen LogP contribution >= 0.6 is 0 Å². The molecular weight excluding hydrogens is 212 g/mol. The number of aromatic nitrogens is 1. The van der Waals surface area contributed by atoms with Crippen molar-refractivity contribution >= 4 is 5.69 Å². The van der Waals surface area contributed by atoms with Gasteiger partial charge in [0.1, 0.15) is 12.0 Å². The third-order valence-electron chi connectivity index (χ3n) is 3.80. The summed E-state index contributed by atoms with van der Waals surface area (Å²) in [5.41, 5.74) is 11.6. The van der Waals surface area contributed by atoms with E-state index in [2.05, 4.69) is 37.2 Å². The van der Waals surface area contributed by atoms with Crippen LogP contribution in [0.3, 0.4) is 0 Å². The van der Waals surface area contributed by atoms with Crippen molar-refractivity contribution in [3.8, 4) is 0 Å². The van der Waals surface area contributed by atoms with Crippen LogP contribution in [0.15, 0.2) is 29.0 Å². The predicted molar refractivity (Wildman–Crippen MR) is 66.8 cm³/mol. The van der Waals surface area contributed by atoms with Crippen LogP contribution in [0.5, 0.6) is 0 Å². The lowest BCUT2D eigenvalue weighted by Gasteiger charge is -2.14. The predicted octanol–water partition coefficient (Wildman–Crippen LogP) is 2.89. The van der Waals surface area contributed by atoms with E-state index >= 15 is 0 Å². The fraction of sp³-hybridized carbons (Fsp3) is 0.357. The topological polar surface area (TPSA) is 52.0 Å². The third-order valence-corrected chi connectivity index (χ3v) is 3.80. The molecule has 17 heavy (non-hydrogen) atoms. The highest BCUT2D eigenvalue weighted by Gasteiger charge is 2.34. The van der Waals surface area contributed by atoms with E-state index in [1.807, 2.05) is 0 Å². The van der Waals surface area contributed by atoms with Crippen LogP contribution in [-0.4, -0.2) is 5.16 Å². The van der Waals surface area contributed by atoms with E-state index in [-0.39, 0.29) is 5.92 Å². The van der Waals surface area contributed by atoms with Gasteiger partial charge in [-0.15, -0.1) is 0 Å². The molecule has 3 heteroatoms. The molecule has 0 spiro atoms. The zero-order valence-corrected chi connectivity index (χ0v) is 10.1.